The molecule has 0 radical (unpaired) electrons. The van der Waals surface area contributed by atoms with Gasteiger partial charge in [-0.05, 0) is 31.6 Å². The molecule has 0 spiro atoms. The van der Waals surface area contributed by atoms with Crippen LogP contribution in [0, 0.1) is 0 Å². The van der Waals surface area contributed by atoms with Crippen LogP contribution in [0.2, 0.25) is 10.0 Å². The highest BCUT2D eigenvalue weighted by molar-refractivity contribution is 6.35. The van der Waals surface area contributed by atoms with Gasteiger partial charge in [-0.15, -0.1) is 0 Å². The lowest BCUT2D eigenvalue weighted by Crippen LogP contribution is -2.32. The van der Waals surface area contributed by atoms with Crippen molar-refractivity contribution in [3.05, 3.63) is 33.8 Å². The quantitative estimate of drug-likeness (QED) is 0.732. The molecule has 102 valence electrons. The standard InChI is InChI=1S/C14H22Cl2N2/c1-3-9-18(4-2)10-8-17-11-12-13(15)6-5-7-14(12)16/h5-7,17H,3-4,8-11H2,1-2H3. The summed E-state index contributed by atoms with van der Waals surface area (Å²) in [7, 11) is 0. The molecule has 18 heavy (non-hydrogen) atoms. The van der Waals surface area contributed by atoms with Crippen LogP contribution in [0.5, 0.6) is 0 Å². The zero-order valence-corrected chi connectivity index (χ0v) is 12.7. The predicted octanol–water partition coefficient (Wildman–Crippen LogP) is 3.81. The van der Waals surface area contributed by atoms with Gasteiger partial charge in [0.25, 0.3) is 0 Å². The second-order valence-corrected chi connectivity index (χ2v) is 5.13. The molecule has 0 atom stereocenters. The van der Waals surface area contributed by atoms with E-state index in [1.165, 1.54) is 6.42 Å². The van der Waals surface area contributed by atoms with E-state index in [2.05, 4.69) is 24.1 Å². The Morgan fingerprint density at radius 2 is 1.78 bits per heavy atom. The number of nitrogens with zero attached hydrogens (tertiary/aromatic N) is 1. The van der Waals surface area contributed by atoms with Crippen molar-refractivity contribution in [1.82, 2.24) is 10.2 Å². The van der Waals surface area contributed by atoms with Gasteiger partial charge < -0.3 is 10.2 Å². The third-order valence-electron chi connectivity index (χ3n) is 2.96. The van der Waals surface area contributed by atoms with Crippen LogP contribution in [-0.2, 0) is 6.54 Å². The molecular formula is C14H22Cl2N2. The molecule has 0 saturated heterocycles. The van der Waals surface area contributed by atoms with E-state index in [-0.39, 0.29) is 0 Å². The van der Waals surface area contributed by atoms with Crippen LogP contribution in [0.25, 0.3) is 0 Å². The van der Waals surface area contributed by atoms with Crippen molar-refractivity contribution in [2.24, 2.45) is 0 Å². The van der Waals surface area contributed by atoms with Crippen LogP contribution < -0.4 is 5.32 Å². The molecule has 1 aromatic carbocycles. The maximum absolute atomic E-state index is 6.11. The summed E-state index contributed by atoms with van der Waals surface area (Å²) in [5.74, 6) is 0. The number of halogens is 2. The van der Waals surface area contributed by atoms with Gasteiger partial charge in [-0.2, -0.15) is 0 Å². The van der Waals surface area contributed by atoms with Crippen LogP contribution in [0.3, 0.4) is 0 Å². The highest BCUT2D eigenvalue weighted by Crippen LogP contribution is 2.23. The Kier molecular flexibility index (Phi) is 7.68. The maximum atomic E-state index is 6.11. The minimum absolute atomic E-state index is 0.724. The molecule has 0 aliphatic rings. The zero-order valence-electron chi connectivity index (χ0n) is 11.2. The number of likely N-dealkylation sites (N-methyl/N-ethyl adjacent to an activating group) is 1. The lowest BCUT2D eigenvalue weighted by molar-refractivity contribution is 0.287. The van der Waals surface area contributed by atoms with E-state index in [0.717, 1.165) is 48.3 Å². The molecule has 0 aliphatic carbocycles. The first kappa shape index (κ1) is 15.8. The van der Waals surface area contributed by atoms with Crippen molar-refractivity contribution < 1.29 is 0 Å². The van der Waals surface area contributed by atoms with Crippen LogP contribution >= 0.6 is 23.2 Å². The second-order valence-electron chi connectivity index (χ2n) is 4.31. The summed E-state index contributed by atoms with van der Waals surface area (Å²) in [5, 5.41) is 4.86. The summed E-state index contributed by atoms with van der Waals surface area (Å²) >= 11 is 12.2. The van der Waals surface area contributed by atoms with E-state index in [9.17, 15) is 0 Å². The Morgan fingerprint density at radius 3 is 2.33 bits per heavy atom. The summed E-state index contributed by atoms with van der Waals surface area (Å²) < 4.78 is 0. The molecule has 0 heterocycles. The molecule has 1 aromatic rings. The van der Waals surface area contributed by atoms with E-state index < -0.39 is 0 Å². The van der Waals surface area contributed by atoms with Gasteiger partial charge in [0.2, 0.25) is 0 Å². The Bertz CT molecular complexity index is 335. The predicted molar refractivity (Wildman–Crippen MR) is 80.6 cm³/mol. The molecule has 0 aliphatic heterocycles. The molecule has 1 N–H and O–H groups in total. The van der Waals surface area contributed by atoms with Gasteiger partial charge >= 0.3 is 0 Å². The molecule has 0 saturated carbocycles. The zero-order chi connectivity index (χ0) is 13.4. The van der Waals surface area contributed by atoms with Gasteiger partial charge in [-0.3, -0.25) is 0 Å². The van der Waals surface area contributed by atoms with Crippen molar-refractivity contribution in [2.75, 3.05) is 26.2 Å². The summed E-state index contributed by atoms with van der Waals surface area (Å²) in [6.07, 6.45) is 1.20. The molecule has 1 rings (SSSR count). The largest absolute Gasteiger partial charge is 0.311 e. The first-order valence-electron chi connectivity index (χ1n) is 6.55. The van der Waals surface area contributed by atoms with E-state index in [0.29, 0.717) is 0 Å². The van der Waals surface area contributed by atoms with Gasteiger partial charge in [-0.25, -0.2) is 0 Å². The molecule has 4 heteroatoms. The Hall–Kier alpha value is -0.280. The van der Waals surface area contributed by atoms with Crippen molar-refractivity contribution >= 4 is 23.2 Å². The Morgan fingerprint density at radius 1 is 1.11 bits per heavy atom. The summed E-state index contributed by atoms with van der Waals surface area (Å²) in [4.78, 5) is 2.43. The number of rotatable bonds is 8. The summed E-state index contributed by atoms with van der Waals surface area (Å²) in [5.41, 5.74) is 0.986. The second kappa shape index (κ2) is 8.76. The van der Waals surface area contributed by atoms with Crippen molar-refractivity contribution in [1.29, 1.82) is 0 Å². The summed E-state index contributed by atoms with van der Waals surface area (Å²) in [6, 6.07) is 5.62. The van der Waals surface area contributed by atoms with E-state index in [1.54, 1.807) is 0 Å². The monoisotopic (exact) mass is 288 g/mol. The van der Waals surface area contributed by atoms with Crippen molar-refractivity contribution in [2.45, 2.75) is 26.8 Å². The minimum atomic E-state index is 0.724. The van der Waals surface area contributed by atoms with Crippen molar-refractivity contribution in [3.8, 4) is 0 Å². The fourth-order valence-corrected chi connectivity index (χ4v) is 2.43. The third-order valence-corrected chi connectivity index (χ3v) is 3.66. The smallest absolute Gasteiger partial charge is 0.0465 e. The molecule has 0 bridgehead atoms. The van der Waals surface area contributed by atoms with Gasteiger partial charge in [-0.1, -0.05) is 43.1 Å². The molecule has 0 fully saturated rings. The topological polar surface area (TPSA) is 15.3 Å². The first-order valence-corrected chi connectivity index (χ1v) is 7.30. The molecule has 2 nitrogen and oxygen atoms in total. The number of benzene rings is 1. The molecular weight excluding hydrogens is 267 g/mol. The average molecular weight is 289 g/mol. The van der Waals surface area contributed by atoms with Crippen LogP contribution in [0.4, 0.5) is 0 Å². The van der Waals surface area contributed by atoms with Gasteiger partial charge in [0.15, 0.2) is 0 Å². The fraction of sp³-hybridized carbons (Fsp3) is 0.571. The van der Waals surface area contributed by atoms with E-state index in [1.807, 2.05) is 18.2 Å². The van der Waals surface area contributed by atoms with Crippen LogP contribution in [0.1, 0.15) is 25.8 Å². The lowest BCUT2D eigenvalue weighted by atomic mass is 10.2. The van der Waals surface area contributed by atoms with Crippen LogP contribution in [0.15, 0.2) is 18.2 Å². The third kappa shape index (κ3) is 5.15. The Labute approximate surface area is 120 Å². The highest BCUT2D eigenvalue weighted by atomic mass is 35.5. The average Bonchev–Trinajstić information content (AvgIpc) is 2.36. The van der Waals surface area contributed by atoms with Gasteiger partial charge in [0.1, 0.15) is 0 Å². The van der Waals surface area contributed by atoms with Crippen LogP contribution in [-0.4, -0.2) is 31.1 Å². The maximum Gasteiger partial charge on any atom is 0.0465 e. The highest BCUT2D eigenvalue weighted by Gasteiger charge is 2.05. The fourth-order valence-electron chi connectivity index (χ4n) is 1.90. The van der Waals surface area contributed by atoms with Crippen molar-refractivity contribution in [3.63, 3.8) is 0 Å². The number of nitrogens with one attached hydrogen (secondary N) is 1. The Balaban J connectivity index is 2.33. The lowest BCUT2D eigenvalue weighted by Gasteiger charge is -2.19. The van der Waals surface area contributed by atoms with E-state index >= 15 is 0 Å². The molecule has 0 aromatic heterocycles. The molecule has 0 amide bonds. The normalized spacial score (nSPS) is 11.2. The SMILES string of the molecule is CCCN(CC)CCNCc1c(Cl)cccc1Cl. The summed E-state index contributed by atoms with van der Waals surface area (Å²) in [6.45, 7) is 9.40. The first-order chi connectivity index (χ1) is 8.69. The number of hydrogen-bond acceptors (Lipinski definition) is 2. The van der Waals surface area contributed by atoms with E-state index in [4.69, 9.17) is 23.2 Å². The number of hydrogen-bond donors (Lipinski definition) is 1. The minimum Gasteiger partial charge on any atom is -0.311 e. The van der Waals surface area contributed by atoms with Gasteiger partial charge in [0, 0.05) is 35.2 Å². The molecule has 0 unspecified atom stereocenters. The van der Waals surface area contributed by atoms with Gasteiger partial charge in [0.05, 0.1) is 0 Å².